The van der Waals surface area contributed by atoms with Gasteiger partial charge in [-0.05, 0) is 55.3 Å². The molecular formula is C20H18N4O2. The average Bonchev–Trinajstić information content (AvgIpc) is 3.48. The maximum absolute atomic E-state index is 12.4. The summed E-state index contributed by atoms with van der Waals surface area (Å²) in [5.41, 5.74) is 0.999. The number of carbonyl (C=O) groups is 1. The number of hydrogen-bond acceptors (Lipinski definition) is 5. The molecule has 0 unspecified atom stereocenters. The van der Waals surface area contributed by atoms with Gasteiger partial charge in [-0.2, -0.15) is 0 Å². The molecule has 0 bridgehead atoms. The molecule has 3 aromatic rings. The molecule has 1 amide bonds. The summed E-state index contributed by atoms with van der Waals surface area (Å²) in [6, 6.07) is 18.8. The Kier molecular flexibility index (Phi) is 4.47. The highest BCUT2D eigenvalue weighted by atomic mass is 16.5. The number of nitrogens with zero attached hydrogens (tertiary/aromatic N) is 2. The molecule has 2 N–H and O–H groups in total. The van der Waals surface area contributed by atoms with Crippen LogP contribution in [0.3, 0.4) is 0 Å². The van der Waals surface area contributed by atoms with Crippen LogP contribution >= 0.6 is 0 Å². The number of ether oxygens (including phenoxy) is 1. The first kappa shape index (κ1) is 16.1. The van der Waals surface area contributed by atoms with Crippen LogP contribution in [-0.4, -0.2) is 21.9 Å². The quantitative estimate of drug-likeness (QED) is 0.703. The Hall–Kier alpha value is -3.41. The Morgan fingerprint density at radius 3 is 2.42 bits per heavy atom. The lowest BCUT2D eigenvalue weighted by Gasteiger charge is -2.08. The normalized spacial score (nSPS) is 13.1. The molecule has 4 rings (SSSR count). The van der Waals surface area contributed by atoms with Crippen LogP contribution in [0.4, 0.5) is 11.6 Å². The van der Waals surface area contributed by atoms with Gasteiger partial charge in [0.05, 0.1) is 0 Å². The van der Waals surface area contributed by atoms with E-state index in [1.54, 1.807) is 24.4 Å². The van der Waals surface area contributed by atoms with Crippen molar-refractivity contribution >= 4 is 17.5 Å². The van der Waals surface area contributed by atoms with Crippen LogP contribution < -0.4 is 15.4 Å². The van der Waals surface area contributed by atoms with E-state index in [1.807, 2.05) is 42.5 Å². The third-order valence-corrected chi connectivity index (χ3v) is 3.89. The van der Waals surface area contributed by atoms with Gasteiger partial charge < -0.3 is 15.4 Å². The Balaban J connectivity index is 1.39. The molecule has 1 aliphatic rings. The number of nitrogens with one attached hydrogen (secondary N) is 2. The molecular weight excluding hydrogens is 328 g/mol. The van der Waals surface area contributed by atoms with Crippen molar-refractivity contribution < 1.29 is 9.53 Å². The van der Waals surface area contributed by atoms with Gasteiger partial charge in [0.25, 0.3) is 5.91 Å². The fourth-order valence-electron chi connectivity index (χ4n) is 2.39. The van der Waals surface area contributed by atoms with E-state index in [2.05, 4.69) is 20.6 Å². The molecule has 0 spiro atoms. The highest BCUT2D eigenvalue weighted by molar-refractivity contribution is 6.02. The second-order valence-corrected chi connectivity index (χ2v) is 6.08. The van der Waals surface area contributed by atoms with Crippen LogP contribution in [0.15, 0.2) is 66.9 Å². The summed E-state index contributed by atoms with van der Waals surface area (Å²) in [4.78, 5) is 20.8. The molecule has 1 saturated carbocycles. The Morgan fingerprint density at radius 2 is 1.69 bits per heavy atom. The van der Waals surface area contributed by atoms with Gasteiger partial charge in [-0.25, -0.2) is 9.97 Å². The zero-order valence-corrected chi connectivity index (χ0v) is 14.1. The lowest BCUT2D eigenvalue weighted by molar-refractivity contribution is 0.102. The van der Waals surface area contributed by atoms with E-state index >= 15 is 0 Å². The monoisotopic (exact) mass is 346 g/mol. The Morgan fingerprint density at radius 1 is 0.962 bits per heavy atom. The predicted octanol–water partition coefficient (Wildman–Crippen LogP) is 4.10. The number of carbonyl (C=O) groups excluding carboxylic acids is 1. The summed E-state index contributed by atoms with van der Waals surface area (Å²) in [6.45, 7) is 0. The van der Waals surface area contributed by atoms with Gasteiger partial charge in [0.15, 0.2) is 0 Å². The van der Waals surface area contributed by atoms with Gasteiger partial charge >= 0.3 is 0 Å². The van der Waals surface area contributed by atoms with Crippen molar-refractivity contribution in [3.8, 4) is 11.5 Å². The first-order valence-corrected chi connectivity index (χ1v) is 8.50. The van der Waals surface area contributed by atoms with Crippen LogP contribution in [0.5, 0.6) is 11.5 Å². The average molecular weight is 346 g/mol. The number of anilines is 2. The topological polar surface area (TPSA) is 76.1 Å². The molecule has 6 heteroatoms. The van der Waals surface area contributed by atoms with Gasteiger partial charge in [-0.1, -0.05) is 18.2 Å². The minimum atomic E-state index is -0.275. The van der Waals surface area contributed by atoms with Crippen molar-refractivity contribution in [2.24, 2.45) is 0 Å². The maximum atomic E-state index is 12.4. The minimum absolute atomic E-state index is 0.275. The largest absolute Gasteiger partial charge is 0.457 e. The van der Waals surface area contributed by atoms with E-state index < -0.39 is 0 Å². The summed E-state index contributed by atoms with van der Waals surface area (Å²) in [5, 5.41) is 6.02. The third kappa shape index (κ3) is 4.16. The Bertz CT molecular complexity index is 893. The lowest BCUT2D eigenvalue weighted by Crippen LogP contribution is -2.15. The smallest absolute Gasteiger partial charge is 0.274 e. The van der Waals surface area contributed by atoms with Crippen molar-refractivity contribution in [3.05, 3.63) is 72.6 Å². The van der Waals surface area contributed by atoms with Gasteiger partial charge in [-0.3, -0.25) is 4.79 Å². The number of benzene rings is 2. The summed E-state index contributed by atoms with van der Waals surface area (Å²) in [7, 11) is 0. The first-order chi connectivity index (χ1) is 12.8. The van der Waals surface area contributed by atoms with Crippen molar-refractivity contribution in [1.82, 2.24) is 9.97 Å². The zero-order chi connectivity index (χ0) is 17.8. The van der Waals surface area contributed by atoms with Gasteiger partial charge in [-0.15, -0.1) is 0 Å². The Labute approximate surface area is 151 Å². The summed E-state index contributed by atoms with van der Waals surface area (Å²) >= 11 is 0. The van der Waals surface area contributed by atoms with Crippen LogP contribution in [0.2, 0.25) is 0 Å². The molecule has 130 valence electrons. The van der Waals surface area contributed by atoms with Crippen molar-refractivity contribution in [3.63, 3.8) is 0 Å². The van der Waals surface area contributed by atoms with Gasteiger partial charge in [0, 0.05) is 17.9 Å². The van der Waals surface area contributed by atoms with Crippen molar-refractivity contribution in [2.45, 2.75) is 18.9 Å². The summed E-state index contributed by atoms with van der Waals surface area (Å²) < 4.78 is 5.74. The van der Waals surface area contributed by atoms with Crippen LogP contribution in [0, 0.1) is 0 Å². The number of amides is 1. The molecule has 0 saturated heterocycles. The van der Waals surface area contributed by atoms with E-state index in [9.17, 15) is 4.79 Å². The second kappa shape index (κ2) is 7.23. The molecule has 0 aliphatic heterocycles. The highest BCUT2D eigenvalue weighted by Crippen LogP contribution is 2.24. The third-order valence-electron chi connectivity index (χ3n) is 3.89. The van der Waals surface area contributed by atoms with Gasteiger partial charge in [0.2, 0.25) is 5.95 Å². The zero-order valence-electron chi connectivity index (χ0n) is 14.1. The molecule has 1 heterocycles. The predicted molar refractivity (Wildman–Crippen MR) is 99.6 cm³/mol. The number of rotatable bonds is 6. The van der Waals surface area contributed by atoms with Crippen molar-refractivity contribution in [1.29, 1.82) is 0 Å². The molecule has 26 heavy (non-hydrogen) atoms. The minimum Gasteiger partial charge on any atom is -0.457 e. The summed E-state index contributed by atoms with van der Waals surface area (Å²) in [6.07, 6.45) is 3.83. The summed E-state index contributed by atoms with van der Waals surface area (Å²) in [5.74, 6) is 1.68. The van der Waals surface area contributed by atoms with Crippen LogP contribution in [0.25, 0.3) is 0 Å². The molecule has 2 aromatic carbocycles. The molecule has 0 atom stereocenters. The molecule has 6 nitrogen and oxygen atoms in total. The van der Waals surface area contributed by atoms with E-state index in [4.69, 9.17) is 4.74 Å². The van der Waals surface area contributed by atoms with E-state index in [0.717, 1.165) is 18.6 Å². The van der Waals surface area contributed by atoms with Crippen LogP contribution in [0.1, 0.15) is 23.3 Å². The number of hydrogen-bond donors (Lipinski definition) is 2. The van der Waals surface area contributed by atoms with E-state index in [0.29, 0.717) is 29.1 Å². The molecule has 1 aliphatic carbocycles. The van der Waals surface area contributed by atoms with Gasteiger partial charge in [0.1, 0.15) is 17.2 Å². The molecule has 1 aromatic heterocycles. The standard InChI is InChI=1S/C20H18N4O2/c25-19(18-12-13-21-20(24-18)23-15-6-7-15)22-14-8-10-17(11-9-14)26-16-4-2-1-3-5-16/h1-5,8-13,15H,6-7H2,(H,22,25)(H,21,23,24). The van der Waals surface area contributed by atoms with E-state index in [-0.39, 0.29) is 5.91 Å². The lowest BCUT2D eigenvalue weighted by atomic mass is 10.3. The maximum Gasteiger partial charge on any atom is 0.274 e. The van der Waals surface area contributed by atoms with E-state index in [1.165, 1.54) is 0 Å². The number of aromatic nitrogens is 2. The fraction of sp³-hybridized carbons (Fsp3) is 0.150. The number of para-hydroxylation sites is 1. The highest BCUT2D eigenvalue weighted by Gasteiger charge is 2.22. The van der Waals surface area contributed by atoms with Crippen LogP contribution in [-0.2, 0) is 0 Å². The van der Waals surface area contributed by atoms with Crippen molar-refractivity contribution in [2.75, 3.05) is 10.6 Å². The molecule has 0 radical (unpaired) electrons. The molecule has 1 fully saturated rings. The SMILES string of the molecule is O=C(Nc1ccc(Oc2ccccc2)cc1)c1ccnc(NC2CC2)n1. The fourth-order valence-corrected chi connectivity index (χ4v) is 2.39. The first-order valence-electron chi connectivity index (χ1n) is 8.50. The second-order valence-electron chi connectivity index (χ2n) is 6.08.